The van der Waals surface area contributed by atoms with Crippen LogP contribution in [0.3, 0.4) is 0 Å². The lowest BCUT2D eigenvalue weighted by atomic mass is 9.98. The molecule has 1 rings (SSSR count). The summed E-state index contributed by atoms with van der Waals surface area (Å²) in [5.74, 6) is 1.16. The second-order valence-corrected chi connectivity index (χ2v) is 10.7. The molecule has 0 bridgehead atoms. The van der Waals surface area contributed by atoms with Crippen molar-refractivity contribution in [1.82, 2.24) is 20.9 Å². The van der Waals surface area contributed by atoms with Crippen molar-refractivity contribution in [1.29, 1.82) is 0 Å². The lowest BCUT2D eigenvalue weighted by molar-refractivity contribution is 0.226. The van der Waals surface area contributed by atoms with Gasteiger partial charge in [-0.2, -0.15) is 0 Å². The third kappa shape index (κ3) is 12.4. The molecule has 0 saturated carbocycles. The predicted molar refractivity (Wildman–Crippen MR) is 147 cm³/mol. The molecule has 1 fully saturated rings. The third-order valence-corrected chi connectivity index (χ3v) is 6.48. The highest BCUT2D eigenvalue weighted by Gasteiger charge is 2.21. The highest BCUT2D eigenvalue weighted by atomic mass is 15.1. The lowest BCUT2D eigenvalue weighted by Crippen LogP contribution is -2.44. The van der Waals surface area contributed by atoms with Gasteiger partial charge in [-0.3, -0.25) is 0 Å². The van der Waals surface area contributed by atoms with Gasteiger partial charge in [0.15, 0.2) is 0 Å². The minimum Gasteiger partial charge on any atom is -0.381 e. The molecule has 0 spiro atoms. The van der Waals surface area contributed by atoms with E-state index in [1.165, 1.54) is 38.9 Å². The Morgan fingerprint density at radius 1 is 0.848 bits per heavy atom. The normalized spacial score (nSPS) is 17.3. The molecule has 0 aromatic heterocycles. The molecule has 0 amide bonds. The maximum absolute atomic E-state index is 4.40. The van der Waals surface area contributed by atoms with E-state index in [-0.39, 0.29) is 18.1 Å². The van der Waals surface area contributed by atoms with Crippen molar-refractivity contribution < 1.29 is 0 Å². The van der Waals surface area contributed by atoms with Gasteiger partial charge in [-0.1, -0.05) is 66.9 Å². The zero-order valence-electron chi connectivity index (χ0n) is 22.5. The van der Waals surface area contributed by atoms with Gasteiger partial charge in [0, 0.05) is 23.1 Å². The van der Waals surface area contributed by atoms with Gasteiger partial charge in [0.1, 0.15) is 0 Å². The van der Waals surface area contributed by atoms with E-state index in [4.69, 9.17) is 0 Å². The SMILES string of the molecule is C=CC(CC(C)C)NC(=C)C(CC(C)C)NC(=C)C(CC)NC(=C)CCCN1CCCCC1. The smallest absolute Gasteiger partial charge is 0.0653 e. The summed E-state index contributed by atoms with van der Waals surface area (Å²) in [6.07, 6.45) is 11.3. The number of hydrogen-bond acceptors (Lipinski definition) is 4. The summed E-state index contributed by atoms with van der Waals surface area (Å²) in [5, 5.41) is 10.9. The summed E-state index contributed by atoms with van der Waals surface area (Å²) in [6.45, 7) is 32.0. The van der Waals surface area contributed by atoms with E-state index in [2.05, 4.69) is 81.8 Å². The monoisotopic (exact) mass is 458 g/mol. The average molecular weight is 459 g/mol. The number of nitrogens with zero attached hydrogens (tertiary/aromatic N) is 1. The van der Waals surface area contributed by atoms with E-state index in [0.29, 0.717) is 11.8 Å². The van der Waals surface area contributed by atoms with Crippen LogP contribution in [-0.2, 0) is 0 Å². The van der Waals surface area contributed by atoms with Gasteiger partial charge < -0.3 is 20.9 Å². The van der Waals surface area contributed by atoms with Gasteiger partial charge in [0.25, 0.3) is 0 Å². The number of hydrogen-bond donors (Lipinski definition) is 3. The number of likely N-dealkylation sites (tertiary alicyclic amines) is 1. The Bertz CT molecular complexity index is 601. The summed E-state index contributed by atoms with van der Waals surface area (Å²) in [7, 11) is 0. The Labute approximate surface area is 206 Å². The first-order valence-corrected chi connectivity index (χ1v) is 13.4. The highest BCUT2D eigenvalue weighted by molar-refractivity contribution is 5.15. The van der Waals surface area contributed by atoms with Crippen LogP contribution in [0.2, 0.25) is 0 Å². The van der Waals surface area contributed by atoms with Gasteiger partial charge in [-0.15, -0.1) is 6.58 Å². The number of rotatable bonds is 18. The fourth-order valence-electron chi connectivity index (χ4n) is 4.60. The standard InChI is InChI=1S/C29H54N4/c1-10-27(20-22(3)4)31-26(9)29(21-23(5)6)32-25(8)28(11-2)30-24(7)16-15-19-33-17-13-12-14-18-33/h10,22-23,27-32H,1,7-9,11-21H2,2-6H3. The molecule has 0 aromatic carbocycles. The largest absolute Gasteiger partial charge is 0.381 e. The number of piperidine rings is 1. The number of nitrogens with one attached hydrogen (secondary N) is 3. The van der Waals surface area contributed by atoms with Gasteiger partial charge >= 0.3 is 0 Å². The lowest BCUT2D eigenvalue weighted by Gasteiger charge is -2.32. The van der Waals surface area contributed by atoms with Gasteiger partial charge in [-0.25, -0.2) is 0 Å². The zero-order chi connectivity index (χ0) is 24.8. The van der Waals surface area contributed by atoms with E-state index in [0.717, 1.165) is 49.2 Å². The Hall–Kier alpha value is -1.68. The first kappa shape index (κ1) is 29.4. The van der Waals surface area contributed by atoms with Gasteiger partial charge in [0.2, 0.25) is 0 Å². The Morgan fingerprint density at radius 3 is 2.00 bits per heavy atom. The first-order valence-electron chi connectivity index (χ1n) is 13.4. The van der Waals surface area contributed by atoms with Crippen LogP contribution in [0.15, 0.2) is 49.5 Å². The molecule has 4 nitrogen and oxygen atoms in total. The molecule has 1 heterocycles. The molecule has 1 aliphatic rings. The quantitative estimate of drug-likeness (QED) is 0.209. The maximum Gasteiger partial charge on any atom is 0.0653 e. The van der Waals surface area contributed by atoms with Crippen molar-refractivity contribution in [3.63, 3.8) is 0 Å². The predicted octanol–water partition coefficient (Wildman–Crippen LogP) is 6.36. The molecule has 3 atom stereocenters. The molecule has 0 radical (unpaired) electrons. The molecule has 33 heavy (non-hydrogen) atoms. The van der Waals surface area contributed by atoms with E-state index >= 15 is 0 Å². The summed E-state index contributed by atoms with van der Waals surface area (Å²) in [6, 6.07) is 0.540. The summed E-state index contributed by atoms with van der Waals surface area (Å²) >= 11 is 0. The van der Waals surface area contributed by atoms with Crippen molar-refractivity contribution in [2.75, 3.05) is 19.6 Å². The molecule has 1 aliphatic heterocycles. The second kappa shape index (κ2) is 16.0. The minimum atomic E-state index is 0.135. The summed E-state index contributed by atoms with van der Waals surface area (Å²) in [5.41, 5.74) is 3.15. The average Bonchev–Trinajstić information content (AvgIpc) is 2.76. The molecular weight excluding hydrogens is 404 g/mol. The van der Waals surface area contributed by atoms with Crippen molar-refractivity contribution in [2.24, 2.45) is 11.8 Å². The fraction of sp³-hybridized carbons (Fsp3) is 0.724. The zero-order valence-corrected chi connectivity index (χ0v) is 22.5. The maximum atomic E-state index is 4.40. The molecular formula is C29H54N4. The molecule has 1 saturated heterocycles. The van der Waals surface area contributed by atoms with Crippen LogP contribution in [-0.4, -0.2) is 42.7 Å². The van der Waals surface area contributed by atoms with Gasteiger partial charge in [-0.05, 0) is 76.4 Å². The van der Waals surface area contributed by atoms with Crippen LogP contribution >= 0.6 is 0 Å². The van der Waals surface area contributed by atoms with Crippen LogP contribution < -0.4 is 16.0 Å². The fourth-order valence-corrected chi connectivity index (χ4v) is 4.60. The Morgan fingerprint density at radius 2 is 1.45 bits per heavy atom. The molecule has 3 unspecified atom stereocenters. The molecule has 3 N–H and O–H groups in total. The number of allylic oxidation sites excluding steroid dienone is 1. The van der Waals surface area contributed by atoms with Crippen molar-refractivity contribution in [3.05, 3.63) is 49.5 Å². The summed E-state index contributed by atoms with van der Waals surface area (Å²) < 4.78 is 0. The highest BCUT2D eigenvalue weighted by Crippen LogP contribution is 2.17. The summed E-state index contributed by atoms with van der Waals surface area (Å²) in [4.78, 5) is 2.60. The van der Waals surface area contributed by atoms with Crippen LogP contribution in [0.25, 0.3) is 0 Å². The van der Waals surface area contributed by atoms with E-state index in [1.54, 1.807) is 0 Å². The van der Waals surface area contributed by atoms with Crippen LogP contribution in [0, 0.1) is 11.8 Å². The molecule has 0 aromatic rings. The molecule has 4 heteroatoms. The Balaban J connectivity index is 2.60. The van der Waals surface area contributed by atoms with E-state index in [9.17, 15) is 0 Å². The van der Waals surface area contributed by atoms with E-state index in [1.807, 2.05) is 6.08 Å². The van der Waals surface area contributed by atoms with Crippen molar-refractivity contribution in [3.8, 4) is 0 Å². The van der Waals surface area contributed by atoms with Crippen LogP contribution in [0.4, 0.5) is 0 Å². The third-order valence-electron chi connectivity index (χ3n) is 6.48. The second-order valence-electron chi connectivity index (χ2n) is 10.7. The topological polar surface area (TPSA) is 39.3 Å². The minimum absolute atomic E-state index is 0.135. The molecule has 0 aliphatic carbocycles. The van der Waals surface area contributed by atoms with Gasteiger partial charge in [0.05, 0.1) is 12.1 Å². The van der Waals surface area contributed by atoms with Crippen LogP contribution in [0.5, 0.6) is 0 Å². The first-order chi connectivity index (χ1) is 15.7. The van der Waals surface area contributed by atoms with Crippen LogP contribution in [0.1, 0.15) is 86.0 Å². The Kier molecular flexibility index (Phi) is 14.3. The van der Waals surface area contributed by atoms with Crippen molar-refractivity contribution >= 4 is 0 Å². The molecule has 190 valence electrons. The van der Waals surface area contributed by atoms with E-state index < -0.39 is 0 Å². The van der Waals surface area contributed by atoms with Crippen molar-refractivity contribution in [2.45, 2.75) is 104 Å².